The molecule has 0 unspecified atom stereocenters. The summed E-state index contributed by atoms with van der Waals surface area (Å²) in [5, 5.41) is 5.91. The molecule has 0 radical (unpaired) electrons. The van der Waals surface area contributed by atoms with E-state index in [2.05, 4.69) is 10.6 Å². The van der Waals surface area contributed by atoms with Gasteiger partial charge >= 0.3 is 6.03 Å². The topological polar surface area (TPSA) is 61.4 Å². The molecule has 5 heteroatoms. The lowest BCUT2D eigenvalue weighted by molar-refractivity contribution is 0.0989. The van der Waals surface area contributed by atoms with Gasteiger partial charge in [-0.25, -0.2) is 4.79 Å². The van der Waals surface area contributed by atoms with Gasteiger partial charge in [-0.3, -0.25) is 4.79 Å². The zero-order chi connectivity index (χ0) is 19.1. The number of urea groups is 1. The molecule has 0 bridgehead atoms. The monoisotopic (exact) mass is 365 g/mol. The predicted octanol–water partition coefficient (Wildman–Crippen LogP) is 4.81. The summed E-state index contributed by atoms with van der Waals surface area (Å²) in [6, 6.07) is 16.7. The van der Waals surface area contributed by atoms with Gasteiger partial charge < -0.3 is 15.5 Å². The molecule has 2 aromatic rings. The summed E-state index contributed by atoms with van der Waals surface area (Å²) in [6.45, 7) is 2.49. The van der Waals surface area contributed by atoms with Crippen molar-refractivity contribution in [3.63, 3.8) is 0 Å². The van der Waals surface area contributed by atoms with E-state index in [0.717, 1.165) is 31.4 Å². The fourth-order valence-electron chi connectivity index (χ4n) is 3.57. The lowest BCUT2D eigenvalue weighted by Crippen LogP contribution is -2.39. The summed E-state index contributed by atoms with van der Waals surface area (Å²) in [6.07, 6.45) is 5.59. The largest absolute Gasteiger partial charge is 0.335 e. The van der Waals surface area contributed by atoms with Crippen molar-refractivity contribution in [2.45, 2.75) is 45.1 Å². The first-order chi connectivity index (χ1) is 13.2. The number of nitrogens with one attached hydrogen (secondary N) is 2. The van der Waals surface area contributed by atoms with E-state index in [1.165, 1.54) is 6.42 Å². The quantitative estimate of drug-likeness (QED) is 0.799. The molecule has 0 spiro atoms. The first kappa shape index (κ1) is 19.0. The molecule has 0 atom stereocenters. The molecule has 1 saturated carbocycles. The van der Waals surface area contributed by atoms with Crippen LogP contribution in [-0.2, 0) is 0 Å². The van der Waals surface area contributed by atoms with Gasteiger partial charge in [0.2, 0.25) is 0 Å². The molecule has 2 N–H and O–H groups in total. The number of carbonyl (C=O) groups is 2. The third kappa shape index (κ3) is 4.88. The number of rotatable bonds is 5. The molecule has 0 heterocycles. The highest BCUT2D eigenvalue weighted by atomic mass is 16.2. The Balaban J connectivity index is 1.74. The minimum atomic E-state index is -0.245. The minimum absolute atomic E-state index is 0.128. The summed E-state index contributed by atoms with van der Waals surface area (Å²) >= 11 is 0. The van der Waals surface area contributed by atoms with Crippen LogP contribution < -0.4 is 15.5 Å². The molecule has 0 aromatic heterocycles. The van der Waals surface area contributed by atoms with E-state index in [9.17, 15) is 9.59 Å². The molecule has 5 nitrogen and oxygen atoms in total. The van der Waals surface area contributed by atoms with Crippen LogP contribution in [0.2, 0.25) is 0 Å². The highest BCUT2D eigenvalue weighted by Gasteiger charge is 2.21. The molecular weight excluding hydrogens is 338 g/mol. The highest BCUT2D eigenvalue weighted by molar-refractivity contribution is 6.11. The van der Waals surface area contributed by atoms with Crippen LogP contribution in [0.15, 0.2) is 54.6 Å². The third-order valence-corrected chi connectivity index (χ3v) is 4.98. The number of anilines is 2. The Hall–Kier alpha value is -2.82. The molecule has 0 aliphatic heterocycles. The van der Waals surface area contributed by atoms with Gasteiger partial charge in [0.1, 0.15) is 0 Å². The second kappa shape index (κ2) is 9.21. The molecular formula is C22H27N3O2. The molecule has 1 aliphatic carbocycles. The van der Waals surface area contributed by atoms with E-state index < -0.39 is 0 Å². The number of amides is 3. The predicted molar refractivity (Wildman–Crippen MR) is 109 cm³/mol. The van der Waals surface area contributed by atoms with Crippen molar-refractivity contribution in [2.24, 2.45) is 0 Å². The van der Waals surface area contributed by atoms with Crippen LogP contribution in [0.25, 0.3) is 0 Å². The Morgan fingerprint density at radius 2 is 1.63 bits per heavy atom. The fourth-order valence-corrected chi connectivity index (χ4v) is 3.57. The van der Waals surface area contributed by atoms with E-state index in [1.807, 2.05) is 49.4 Å². The Kier molecular flexibility index (Phi) is 6.47. The van der Waals surface area contributed by atoms with Crippen LogP contribution in [0, 0.1) is 0 Å². The lowest BCUT2D eigenvalue weighted by Gasteiger charge is -2.24. The molecule has 27 heavy (non-hydrogen) atoms. The van der Waals surface area contributed by atoms with E-state index in [-0.39, 0.29) is 18.0 Å². The van der Waals surface area contributed by atoms with Crippen molar-refractivity contribution in [1.29, 1.82) is 0 Å². The van der Waals surface area contributed by atoms with Gasteiger partial charge in [-0.1, -0.05) is 49.6 Å². The van der Waals surface area contributed by atoms with Crippen LogP contribution >= 0.6 is 0 Å². The Labute approximate surface area is 160 Å². The van der Waals surface area contributed by atoms with Crippen molar-refractivity contribution in [1.82, 2.24) is 5.32 Å². The SMILES string of the molecule is CCN(C(=O)c1ccccc1NC(=O)NC1CCCCC1)c1ccccc1. The number of benzene rings is 2. The van der Waals surface area contributed by atoms with Gasteiger partial charge in [-0.15, -0.1) is 0 Å². The lowest BCUT2D eigenvalue weighted by atomic mass is 9.96. The Morgan fingerprint density at radius 3 is 2.33 bits per heavy atom. The van der Waals surface area contributed by atoms with Crippen LogP contribution in [0.4, 0.5) is 16.2 Å². The second-order valence-electron chi connectivity index (χ2n) is 6.86. The average Bonchev–Trinajstić information content (AvgIpc) is 2.70. The summed E-state index contributed by atoms with van der Waals surface area (Å²) in [7, 11) is 0. The molecule has 1 aliphatic rings. The van der Waals surface area contributed by atoms with E-state index >= 15 is 0 Å². The Bertz CT molecular complexity index is 770. The molecule has 142 valence electrons. The normalized spacial score (nSPS) is 14.4. The van der Waals surface area contributed by atoms with Gasteiger partial charge in [-0.05, 0) is 44.0 Å². The third-order valence-electron chi connectivity index (χ3n) is 4.98. The van der Waals surface area contributed by atoms with Crippen LogP contribution in [-0.4, -0.2) is 24.5 Å². The first-order valence-electron chi connectivity index (χ1n) is 9.72. The number of hydrogen-bond donors (Lipinski definition) is 2. The summed E-state index contributed by atoms with van der Waals surface area (Å²) in [5.41, 5.74) is 1.86. The van der Waals surface area contributed by atoms with Crippen LogP contribution in [0.1, 0.15) is 49.4 Å². The molecule has 2 aromatic carbocycles. The number of hydrogen-bond acceptors (Lipinski definition) is 2. The van der Waals surface area contributed by atoms with Crippen LogP contribution in [0.3, 0.4) is 0 Å². The van der Waals surface area contributed by atoms with E-state index in [1.54, 1.807) is 17.0 Å². The smallest absolute Gasteiger partial charge is 0.319 e. The minimum Gasteiger partial charge on any atom is -0.335 e. The maximum Gasteiger partial charge on any atom is 0.319 e. The maximum atomic E-state index is 13.1. The zero-order valence-corrected chi connectivity index (χ0v) is 15.8. The second-order valence-corrected chi connectivity index (χ2v) is 6.86. The maximum absolute atomic E-state index is 13.1. The number of para-hydroxylation sites is 2. The van der Waals surface area contributed by atoms with Crippen LogP contribution in [0.5, 0.6) is 0 Å². The number of carbonyl (C=O) groups excluding carboxylic acids is 2. The van der Waals surface area contributed by atoms with E-state index in [0.29, 0.717) is 17.8 Å². The molecule has 0 saturated heterocycles. The summed E-state index contributed by atoms with van der Waals surface area (Å²) in [4.78, 5) is 27.2. The molecule has 1 fully saturated rings. The Morgan fingerprint density at radius 1 is 0.963 bits per heavy atom. The molecule has 3 amide bonds. The van der Waals surface area contributed by atoms with Crippen molar-refractivity contribution in [2.75, 3.05) is 16.8 Å². The summed E-state index contributed by atoms with van der Waals surface area (Å²) < 4.78 is 0. The van der Waals surface area contributed by atoms with Crippen molar-refractivity contribution < 1.29 is 9.59 Å². The summed E-state index contributed by atoms with van der Waals surface area (Å²) in [5.74, 6) is -0.128. The van der Waals surface area contributed by atoms with Gasteiger partial charge in [0.05, 0.1) is 11.3 Å². The van der Waals surface area contributed by atoms with Gasteiger partial charge in [-0.2, -0.15) is 0 Å². The van der Waals surface area contributed by atoms with Gasteiger partial charge in [0.25, 0.3) is 5.91 Å². The highest BCUT2D eigenvalue weighted by Crippen LogP contribution is 2.22. The van der Waals surface area contributed by atoms with Gasteiger partial charge in [0.15, 0.2) is 0 Å². The average molecular weight is 365 g/mol. The number of nitrogens with zero attached hydrogens (tertiary/aromatic N) is 1. The van der Waals surface area contributed by atoms with Crippen molar-refractivity contribution >= 4 is 23.3 Å². The van der Waals surface area contributed by atoms with Crippen molar-refractivity contribution in [3.8, 4) is 0 Å². The standard InChI is InChI=1S/C22H27N3O2/c1-2-25(18-13-7-4-8-14-18)21(26)19-15-9-10-16-20(19)24-22(27)23-17-11-5-3-6-12-17/h4,7-10,13-17H,2-3,5-6,11-12H2,1H3,(H2,23,24,27). The van der Waals surface area contributed by atoms with Crippen molar-refractivity contribution in [3.05, 3.63) is 60.2 Å². The first-order valence-corrected chi connectivity index (χ1v) is 9.72. The fraction of sp³-hybridized carbons (Fsp3) is 0.364. The molecule has 3 rings (SSSR count). The van der Waals surface area contributed by atoms with Gasteiger partial charge in [0, 0.05) is 18.3 Å². The van der Waals surface area contributed by atoms with E-state index in [4.69, 9.17) is 0 Å². The zero-order valence-electron chi connectivity index (χ0n) is 15.8.